The largest absolute Gasteiger partial charge is 0.354 e. The molecule has 8 bridgehead atoms. The highest BCUT2D eigenvalue weighted by molar-refractivity contribution is 9.10. The second-order valence-corrected chi connectivity index (χ2v) is 16.9. The summed E-state index contributed by atoms with van der Waals surface area (Å²) in [5, 5.41) is 0. The Hall–Kier alpha value is -5.56. The quantitative estimate of drug-likeness (QED) is 0.185. The maximum Gasteiger partial charge on any atom is 0.0737 e. The fourth-order valence-corrected chi connectivity index (χ4v) is 9.25. The van der Waals surface area contributed by atoms with Crippen LogP contribution in [0, 0.1) is 41.5 Å². The van der Waals surface area contributed by atoms with Gasteiger partial charge in [-0.2, -0.15) is 0 Å². The third-order valence-electron chi connectivity index (χ3n) is 10.9. The van der Waals surface area contributed by atoms with Crippen molar-refractivity contribution in [2.24, 2.45) is 0 Å². The van der Waals surface area contributed by atoms with Crippen molar-refractivity contribution in [1.29, 1.82) is 0 Å². The first-order valence-corrected chi connectivity index (χ1v) is 20.5. The van der Waals surface area contributed by atoms with E-state index in [1.54, 1.807) is 0 Å². The van der Waals surface area contributed by atoms with Gasteiger partial charge in [0.05, 0.1) is 22.8 Å². The monoisotopic (exact) mass is 854 g/mol. The number of nitrogens with one attached hydrogen (secondary N) is 2. The molecule has 0 spiro atoms. The topological polar surface area (TPSA) is 57.4 Å². The van der Waals surface area contributed by atoms with Gasteiger partial charge in [-0.3, -0.25) is 0 Å². The minimum Gasteiger partial charge on any atom is -0.354 e. The minimum absolute atomic E-state index is 0.898. The van der Waals surface area contributed by atoms with E-state index < -0.39 is 0 Å². The second-order valence-electron chi connectivity index (χ2n) is 15.1. The molecule has 2 N–H and O–H groups in total. The molecule has 0 saturated heterocycles. The third-order valence-corrected chi connectivity index (χ3v) is 11.9. The average Bonchev–Trinajstić information content (AvgIpc) is 3.99. The van der Waals surface area contributed by atoms with Crippen LogP contribution in [0.5, 0.6) is 0 Å². The first kappa shape index (κ1) is 36.1. The smallest absolute Gasteiger partial charge is 0.0737 e. The van der Waals surface area contributed by atoms with Crippen molar-refractivity contribution in [2.45, 2.75) is 41.5 Å². The lowest BCUT2D eigenvalue weighted by Crippen LogP contribution is -1.94. The minimum atomic E-state index is 0.898. The van der Waals surface area contributed by atoms with Crippen molar-refractivity contribution in [3.05, 3.63) is 162 Å². The van der Waals surface area contributed by atoms with Crippen molar-refractivity contribution in [1.82, 2.24) is 19.9 Å². The van der Waals surface area contributed by atoms with Gasteiger partial charge in [-0.05, 0) is 159 Å². The average molecular weight is 857 g/mol. The van der Waals surface area contributed by atoms with Gasteiger partial charge in [-0.1, -0.05) is 91.5 Å². The predicted octanol–water partition coefficient (Wildman–Crippen LogP) is 14.7. The lowest BCUT2D eigenvalue weighted by atomic mass is 9.92. The first-order chi connectivity index (χ1) is 27.0. The Morgan fingerprint density at radius 1 is 0.357 bits per heavy atom. The van der Waals surface area contributed by atoms with Gasteiger partial charge in [0.2, 0.25) is 0 Å². The number of halogens is 2. The maximum atomic E-state index is 5.51. The van der Waals surface area contributed by atoms with Gasteiger partial charge in [0.25, 0.3) is 0 Å². The SMILES string of the molecule is Cc1cc(C)c(-c2c3nc(c(-c4ccc(Br)cc4)c4ccc([nH]4)c(-c4c(C)cc(C)cc4C)c4nc(c(-c5ccc(Br)cc5)c5ccc2[nH]5)C=C4)C=C3)c(C)c1. The lowest BCUT2D eigenvalue weighted by Gasteiger charge is -2.13. The number of aromatic amines is 2. The molecule has 4 nitrogen and oxygen atoms in total. The Labute approximate surface area is 344 Å². The fourth-order valence-electron chi connectivity index (χ4n) is 8.72. The van der Waals surface area contributed by atoms with E-state index in [1.165, 1.54) is 44.5 Å². The van der Waals surface area contributed by atoms with E-state index in [0.29, 0.717) is 0 Å². The van der Waals surface area contributed by atoms with Crippen molar-refractivity contribution in [3.63, 3.8) is 0 Å². The van der Waals surface area contributed by atoms with Crippen LogP contribution in [0.4, 0.5) is 0 Å². The summed E-state index contributed by atoms with van der Waals surface area (Å²) >= 11 is 7.33. The molecular weight excluding hydrogens is 816 g/mol. The maximum absolute atomic E-state index is 5.51. The number of fused-ring (bicyclic) bond motifs is 8. The Balaban J connectivity index is 1.50. The molecule has 7 aromatic rings. The van der Waals surface area contributed by atoms with Gasteiger partial charge in [0.1, 0.15) is 0 Å². The molecule has 2 aliphatic heterocycles. The van der Waals surface area contributed by atoms with Gasteiger partial charge < -0.3 is 9.97 Å². The Kier molecular flexibility index (Phi) is 9.14. The van der Waals surface area contributed by atoms with Crippen LogP contribution in [-0.4, -0.2) is 19.9 Å². The number of benzene rings is 4. The second kappa shape index (κ2) is 14.2. The van der Waals surface area contributed by atoms with Crippen LogP contribution in [0.1, 0.15) is 56.2 Å². The fraction of sp³-hybridized carbons (Fsp3) is 0.120. The van der Waals surface area contributed by atoms with Crippen LogP contribution in [0.2, 0.25) is 0 Å². The molecule has 0 aliphatic carbocycles. The molecule has 9 rings (SSSR count). The van der Waals surface area contributed by atoms with E-state index in [4.69, 9.17) is 9.97 Å². The molecule has 274 valence electrons. The zero-order valence-corrected chi connectivity index (χ0v) is 35.4. The van der Waals surface area contributed by atoms with E-state index in [2.05, 4.69) is 205 Å². The third kappa shape index (κ3) is 6.41. The number of aromatic nitrogens is 4. The number of H-pyrrole nitrogens is 2. The van der Waals surface area contributed by atoms with E-state index in [1.807, 2.05) is 0 Å². The van der Waals surface area contributed by atoms with Crippen molar-refractivity contribution in [3.8, 4) is 44.5 Å². The van der Waals surface area contributed by atoms with Gasteiger partial charge in [-0.25, -0.2) is 9.97 Å². The van der Waals surface area contributed by atoms with Gasteiger partial charge >= 0.3 is 0 Å². The highest BCUT2D eigenvalue weighted by Crippen LogP contribution is 2.41. The number of rotatable bonds is 4. The van der Waals surface area contributed by atoms with E-state index in [9.17, 15) is 0 Å². The summed E-state index contributed by atoms with van der Waals surface area (Å²) in [6.45, 7) is 13.1. The van der Waals surface area contributed by atoms with E-state index >= 15 is 0 Å². The summed E-state index contributed by atoms with van der Waals surface area (Å²) in [5.41, 5.74) is 23.6. The van der Waals surface area contributed by atoms with Gasteiger partial charge in [-0.15, -0.1) is 0 Å². The summed E-state index contributed by atoms with van der Waals surface area (Å²) in [7, 11) is 0. The van der Waals surface area contributed by atoms with Crippen LogP contribution in [0.3, 0.4) is 0 Å². The van der Waals surface area contributed by atoms with Crippen molar-refractivity contribution in [2.75, 3.05) is 0 Å². The highest BCUT2D eigenvalue weighted by atomic mass is 79.9. The number of aryl methyl sites for hydroxylation is 6. The molecule has 3 aromatic heterocycles. The summed E-state index contributed by atoms with van der Waals surface area (Å²) in [5.74, 6) is 0. The lowest BCUT2D eigenvalue weighted by molar-refractivity contribution is 1.28. The number of hydrogen-bond acceptors (Lipinski definition) is 2. The zero-order chi connectivity index (χ0) is 38.8. The molecule has 0 amide bonds. The molecule has 0 atom stereocenters. The van der Waals surface area contributed by atoms with Crippen molar-refractivity contribution >= 4 is 78.2 Å². The highest BCUT2D eigenvalue weighted by Gasteiger charge is 2.21. The van der Waals surface area contributed by atoms with Crippen LogP contribution in [0.25, 0.3) is 90.9 Å². The Morgan fingerprint density at radius 2 is 0.643 bits per heavy atom. The van der Waals surface area contributed by atoms with Crippen LogP contribution < -0.4 is 0 Å². The summed E-state index contributed by atoms with van der Waals surface area (Å²) < 4.78 is 2.06. The van der Waals surface area contributed by atoms with Crippen LogP contribution >= 0.6 is 31.9 Å². The number of hydrogen-bond donors (Lipinski definition) is 2. The molecule has 0 saturated carbocycles. The molecular formula is C50H40Br2N4. The van der Waals surface area contributed by atoms with Gasteiger partial charge in [0, 0.05) is 53.3 Å². The molecule has 5 heterocycles. The zero-order valence-electron chi connectivity index (χ0n) is 32.2. The summed E-state index contributed by atoms with van der Waals surface area (Å²) in [4.78, 5) is 18.8. The molecule has 56 heavy (non-hydrogen) atoms. The molecule has 4 aromatic carbocycles. The molecule has 0 fully saturated rings. The van der Waals surface area contributed by atoms with Crippen LogP contribution in [-0.2, 0) is 0 Å². The predicted molar refractivity (Wildman–Crippen MR) is 244 cm³/mol. The van der Waals surface area contributed by atoms with Gasteiger partial charge in [0.15, 0.2) is 0 Å². The molecule has 6 heteroatoms. The Morgan fingerprint density at radius 3 is 0.964 bits per heavy atom. The Bertz CT molecular complexity index is 2730. The van der Waals surface area contributed by atoms with E-state index in [-0.39, 0.29) is 0 Å². The molecule has 0 radical (unpaired) electrons. The normalized spacial score (nSPS) is 12.1. The summed E-state index contributed by atoms with van der Waals surface area (Å²) in [6, 6.07) is 34.9. The molecule has 0 unspecified atom stereocenters. The standard InChI is InChI=1S/C50H40Br2N4/c1-27-23-29(3)45(30(4)24-27)49-41-19-15-37(53-41)47(33-7-11-35(51)12-8-33)39-17-21-43(55-39)50(46-31(5)25-28(2)26-32(46)6)44-22-18-40(56-44)48(38-16-20-42(49)54-38)34-9-13-36(52)14-10-34/h7-26,53,56H,1-6H3. The molecule has 2 aliphatic rings. The van der Waals surface area contributed by atoms with E-state index in [0.717, 1.165) is 87.2 Å². The first-order valence-electron chi connectivity index (χ1n) is 18.9. The number of nitrogens with zero attached hydrogens (tertiary/aromatic N) is 2. The van der Waals surface area contributed by atoms with Crippen molar-refractivity contribution < 1.29 is 0 Å². The summed E-state index contributed by atoms with van der Waals surface area (Å²) in [6.07, 6.45) is 8.67. The van der Waals surface area contributed by atoms with Crippen LogP contribution in [0.15, 0.2) is 106 Å².